The van der Waals surface area contributed by atoms with Crippen molar-refractivity contribution in [2.45, 2.75) is 17.9 Å². The van der Waals surface area contributed by atoms with Crippen molar-refractivity contribution in [3.63, 3.8) is 0 Å². The van der Waals surface area contributed by atoms with Crippen molar-refractivity contribution in [2.75, 3.05) is 5.75 Å². The van der Waals surface area contributed by atoms with Crippen molar-refractivity contribution in [1.82, 2.24) is 0 Å². The molecule has 0 radical (unpaired) electrons. The molecule has 0 heterocycles. The summed E-state index contributed by atoms with van der Waals surface area (Å²) in [5.74, 6) is -0.448. The van der Waals surface area contributed by atoms with Crippen LogP contribution in [0.2, 0.25) is 0 Å². The van der Waals surface area contributed by atoms with E-state index in [0.717, 1.165) is 6.07 Å². The maximum absolute atomic E-state index is 13.0. The first kappa shape index (κ1) is 10.5. The van der Waals surface area contributed by atoms with Gasteiger partial charge in [0.1, 0.15) is 11.6 Å². The zero-order valence-electron chi connectivity index (χ0n) is 7.26. The summed E-state index contributed by atoms with van der Waals surface area (Å²) in [6.07, 6.45) is 0. The molecule has 0 saturated carbocycles. The molecule has 72 valence electrons. The normalized spacial score (nSPS) is 12.9. The van der Waals surface area contributed by atoms with Crippen LogP contribution in [0.4, 0.5) is 8.78 Å². The fourth-order valence-electron chi connectivity index (χ4n) is 0.813. The molecule has 0 unspecified atom stereocenters. The minimum absolute atomic E-state index is 0.00875. The highest BCUT2D eigenvalue weighted by atomic mass is 32.2. The first-order valence-electron chi connectivity index (χ1n) is 3.93. The Bertz CT molecular complexity index is 289. The van der Waals surface area contributed by atoms with Crippen LogP contribution in [0.15, 0.2) is 23.1 Å². The third-order valence-electron chi connectivity index (χ3n) is 1.40. The van der Waals surface area contributed by atoms with Crippen molar-refractivity contribution in [2.24, 2.45) is 5.73 Å². The van der Waals surface area contributed by atoms with E-state index in [4.69, 9.17) is 5.73 Å². The van der Waals surface area contributed by atoms with Gasteiger partial charge in [-0.1, -0.05) is 0 Å². The Kier molecular flexibility index (Phi) is 3.69. The van der Waals surface area contributed by atoms with Gasteiger partial charge in [0.05, 0.1) is 0 Å². The van der Waals surface area contributed by atoms with Gasteiger partial charge in [-0.2, -0.15) is 0 Å². The monoisotopic (exact) mass is 203 g/mol. The summed E-state index contributed by atoms with van der Waals surface area (Å²) in [4.78, 5) is 0.443. The van der Waals surface area contributed by atoms with Gasteiger partial charge in [-0.05, 0) is 19.1 Å². The number of benzene rings is 1. The first-order valence-corrected chi connectivity index (χ1v) is 4.91. The van der Waals surface area contributed by atoms with E-state index in [1.807, 2.05) is 6.92 Å². The zero-order valence-corrected chi connectivity index (χ0v) is 8.07. The average Bonchev–Trinajstić information content (AvgIpc) is 2.02. The molecule has 0 aliphatic carbocycles. The lowest BCUT2D eigenvalue weighted by Crippen LogP contribution is -2.17. The van der Waals surface area contributed by atoms with Gasteiger partial charge in [-0.3, -0.25) is 0 Å². The summed E-state index contributed by atoms with van der Waals surface area (Å²) >= 11 is 1.30. The van der Waals surface area contributed by atoms with E-state index in [-0.39, 0.29) is 6.04 Å². The van der Waals surface area contributed by atoms with Crippen LogP contribution in [-0.4, -0.2) is 11.8 Å². The molecule has 2 N–H and O–H groups in total. The number of hydrogen-bond donors (Lipinski definition) is 1. The molecule has 4 heteroatoms. The smallest absolute Gasteiger partial charge is 0.139 e. The van der Waals surface area contributed by atoms with Gasteiger partial charge in [0, 0.05) is 22.8 Å². The fraction of sp³-hybridized carbons (Fsp3) is 0.333. The van der Waals surface area contributed by atoms with E-state index in [1.165, 1.54) is 23.9 Å². The molecule has 0 fully saturated rings. The first-order chi connectivity index (χ1) is 6.09. The molecule has 0 spiro atoms. The van der Waals surface area contributed by atoms with Crippen LogP contribution in [0.25, 0.3) is 0 Å². The van der Waals surface area contributed by atoms with Gasteiger partial charge in [-0.15, -0.1) is 11.8 Å². The summed E-state index contributed by atoms with van der Waals surface area (Å²) in [6, 6.07) is 3.56. The maximum Gasteiger partial charge on any atom is 0.139 e. The topological polar surface area (TPSA) is 26.0 Å². The zero-order chi connectivity index (χ0) is 9.84. The molecule has 0 amide bonds. The standard InChI is InChI=1S/C9H11F2NS/c1-6(12)5-13-9-3-2-7(10)4-8(9)11/h2-4,6H,5,12H2,1H3/t6-/m0/s1. The van der Waals surface area contributed by atoms with Crippen molar-refractivity contribution in [1.29, 1.82) is 0 Å². The molecule has 0 aromatic heterocycles. The third kappa shape index (κ3) is 3.32. The molecule has 0 aliphatic heterocycles. The second-order valence-corrected chi connectivity index (χ2v) is 3.92. The molecule has 0 aliphatic rings. The molecular weight excluding hydrogens is 192 g/mol. The Morgan fingerprint density at radius 2 is 2.15 bits per heavy atom. The second-order valence-electron chi connectivity index (χ2n) is 2.86. The van der Waals surface area contributed by atoms with Crippen LogP contribution >= 0.6 is 11.8 Å². The van der Waals surface area contributed by atoms with Crippen LogP contribution in [0.5, 0.6) is 0 Å². The van der Waals surface area contributed by atoms with E-state index < -0.39 is 11.6 Å². The van der Waals surface area contributed by atoms with Crippen LogP contribution in [0, 0.1) is 11.6 Å². The fourth-order valence-corrected chi connectivity index (χ4v) is 1.62. The number of halogens is 2. The highest BCUT2D eigenvalue weighted by molar-refractivity contribution is 7.99. The van der Waals surface area contributed by atoms with Crippen LogP contribution in [-0.2, 0) is 0 Å². The summed E-state index contributed by atoms with van der Waals surface area (Å²) in [5, 5.41) is 0. The minimum atomic E-state index is -0.553. The van der Waals surface area contributed by atoms with Crippen LogP contribution in [0.3, 0.4) is 0 Å². The molecule has 0 bridgehead atoms. The van der Waals surface area contributed by atoms with Gasteiger partial charge >= 0.3 is 0 Å². The summed E-state index contributed by atoms with van der Waals surface area (Å²) in [5.41, 5.74) is 5.50. The highest BCUT2D eigenvalue weighted by Gasteiger charge is 2.04. The largest absolute Gasteiger partial charge is 0.327 e. The lowest BCUT2D eigenvalue weighted by molar-refractivity contribution is 0.565. The predicted octanol–water partition coefficient (Wildman–Crippen LogP) is 2.40. The van der Waals surface area contributed by atoms with E-state index in [0.29, 0.717) is 10.6 Å². The average molecular weight is 203 g/mol. The van der Waals surface area contributed by atoms with Gasteiger partial charge in [0.2, 0.25) is 0 Å². The number of thioether (sulfide) groups is 1. The van der Waals surface area contributed by atoms with Crippen molar-refractivity contribution in [3.05, 3.63) is 29.8 Å². The predicted molar refractivity (Wildman–Crippen MR) is 50.7 cm³/mol. The quantitative estimate of drug-likeness (QED) is 0.763. The van der Waals surface area contributed by atoms with E-state index in [2.05, 4.69) is 0 Å². The Morgan fingerprint density at radius 1 is 1.46 bits per heavy atom. The second kappa shape index (κ2) is 4.58. The Labute approximate surface area is 80.3 Å². The lowest BCUT2D eigenvalue weighted by atomic mass is 10.3. The maximum atomic E-state index is 13.0. The number of rotatable bonds is 3. The van der Waals surface area contributed by atoms with Crippen LogP contribution < -0.4 is 5.73 Å². The molecule has 1 nitrogen and oxygen atoms in total. The number of nitrogens with two attached hydrogens (primary N) is 1. The molecule has 1 aromatic carbocycles. The SMILES string of the molecule is C[C@H](N)CSc1ccc(F)cc1F. The summed E-state index contributed by atoms with van der Waals surface area (Å²) in [6.45, 7) is 1.84. The third-order valence-corrected chi connectivity index (χ3v) is 2.73. The van der Waals surface area contributed by atoms with Gasteiger partial charge in [-0.25, -0.2) is 8.78 Å². The van der Waals surface area contributed by atoms with E-state index in [1.54, 1.807) is 0 Å². The minimum Gasteiger partial charge on any atom is -0.327 e. The van der Waals surface area contributed by atoms with Crippen molar-refractivity contribution < 1.29 is 8.78 Å². The lowest BCUT2D eigenvalue weighted by Gasteiger charge is -2.05. The molecule has 0 saturated heterocycles. The molecule has 1 atom stereocenters. The summed E-state index contributed by atoms with van der Waals surface area (Å²) in [7, 11) is 0. The molecule has 13 heavy (non-hydrogen) atoms. The molecular formula is C9H11F2NS. The summed E-state index contributed by atoms with van der Waals surface area (Å²) < 4.78 is 25.5. The van der Waals surface area contributed by atoms with E-state index >= 15 is 0 Å². The Hall–Kier alpha value is -0.610. The Balaban J connectivity index is 2.67. The number of hydrogen-bond acceptors (Lipinski definition) is 2. The highest BCUT2D eigenvalue weighted by Crippen LogP contribution is 2.22. The van der Waals surface area contributed by atoms with Gasteiger partial charge < -0.3 is 5.73 Å². The van der Waals surface area contributed by atoms with Gasteiger partial charge in [0.15, 0.2) is 0 Å². The molecule has 1 aromatic rings. The van der Waals surface area contributed by atoms with Crippen LogP contribution in [0.1, 0.15) is 6.92 Å². The van der Waals surface area contributed by atoms with Gasteiger partial charge in [0.25, 0.3) is 0 Å². The van der Waals surface area contributed by atoms with E-state index in [9.17, 15) is 8.78 Å². The van der Waals surface area contributed by atoms with Crippen molar-refractivity contribution in [3.8, 4) is 0 Å². The Morgan fingerprint density at radius 3 is 2.69 bits per heavy atom. The van der Waals surface area contributed by atoms with Crippen molar-refractivity contribution >= 4 is 11.8 Å². The molecule has 1 rings (SSSR count).